The average molecular weight is 272 g/mol. The lowest BCUT2D eigenvalue weighted by Gasteiger charge is -2.37. The smallest absolute Gasteiger partial charge is 0.255 e. The van der Waals surface area contributed by atoms with Crippen LogP contribution < -0.4 is 0 Å². The van der Waals surface area contributed by atoms with Gasteiger partial charge in [-0.05, 0) is 56.6 Å². The Morgan fingerprint density at radius 2 is 1.85 bits per heavy atom. The van der Waals surface area contributed by atoms with Crippen molar-refractivity contribution in [2.24, 2.45) is 5.92 Å². The van der Waals surface area contributed by atoms with E-state index >= 15 is 0 Å². The van der Waals surface area contributed by atoms with E-state index in [9.17, 15) is 4.79 Å². The predicted octanol–water partition coefficient (Wildman–Crippen LogP) is 3.66. The van der Waals surface area contributed by atoms with Crippen LogP contribution in [0.3, 0.4) is 0 Å². The number of aromatic nitrogens is 1. The number of rotatable bonds is 4. The van der Waals surface area contributed by atoms with Gasteiger partial charge in [0.25, 0.3) is 5.91 Å². The molecule has 2 fully saturated rings. The summed E-state index contributed by atoms with van der Waals surface area (Å²) in [7, 11) is 0. The van der Waals surface area contributed by atoms with Crippen LogP contribution in [-0.2, 0) is 0 Å². The van der Waals surface area contributed by atoms with Crippen molar-refractivity contribution in [3.05, 3.63) is 30.1 Å². The van der Waals surface area contributed by atoms with E-state index in [1.165, 1.54) is 44.9 Å². The Morgan fingerprint density at radius 1 is 1.20 bits per heavy atom. The number of carbonyl (C=O) groups is 1. The Balaban J connectivity index is 1.72. The summed E-state index contributed by atoms with van der Waals surface area (Å²) in [6, 6.07) is 4.69. The second-order valence-corrected chi connectivity index (χ2v) is 6.27. The lowest BCUT2D eigenvalue weighted by atomic mass is 9.83. The van der Waals surface area contributed by atoms with Crippen LogP contribution in [0.15, 0.2) is 24.5 Å². The first kappa shape index (κ1) is 13.6. The van der Waals surface area contributed by atoms with Gasteiger partial charge in [0.05, 0.1) is 5.56 Å². The fraction of sp³-hybridized carbons (Fsp3) is 0.647. The Hall–Kier alpha value is -1.38. The number of amides is 1. The van der Waals surface area contributed by atoms with Crippen molar-refractivity contribution in [2.75, 3.05) is 0 Å². The Labute approximate surface area is 121 Å². The van der Waals surface area contributed by atoms with E-state index < -0.39 is 0 Å². The van der Waals surface area contributed by atoms with Crippen LogP contribution in [0.25, 0.3) is 0 Å². The molecule has 1 aromatic heterocycles. The molecule has 3 heteroatoms. The van der Waals surface area contributed by atoms with Crippen LogP contribution in [0.5, 0.6) is 0 Å². The summed E-state index contributed by atoms with van der Waals surface area (Å²) in [6.45, 7) is 2.28. The van der Waals surface area contributed by atoms with Crippen molar-refractivity contribution in [2.45, 2.75) is 64.0 Å². The molecule has 0 aliphatic heterocycles. The highest BCUT2D eigenvalue weighted by atomic mass is 16.2. The van der Waals surface area contributed by atoms with Crippen molar-refractivity contribution in [1.29, 1.82) is 0 Å². The zero-order valence-corrected chi connectivity index (χ0v) is 12.3. The fourth-order valence-electron chi connectivity index (χ4n) is 3.45. The molecule has 0 atom stereocenters. The average Bonchev–Trinajstić information content (AvgIpc) is 3.34. The maximum absolute atomic E-state index is 12.8. The largest absolute Gasteiger partial charge is 0.333 e. The van der Waals surface area contributed by atoms with E-state index in [0.717, 1.165) is 11.5 Å². The molecular weight excluding hydrogens is 248 g/mol. The van der Waals surface area contributed by atoms with Gasteiger partial charge >= 0.3 is 0 Å². The van der Waals surface area contributed by atoms with Crippen molar-refractivity contribution < 1.29 is 4.79 Å². The predicted molar refractivity (Wildman–Crippen MR) is 79.5 cm³/mol. The molecular formula is C17H24N2O. The number of pyridine rings is 1. The van der Waals surface area contributed by atoms with Gasteiger partial charge < -0.3 is 4.90 Å². The molecule has 0 unspecified atom stereocenters. The highest BCUT2D eigenvalue weighted by molar-refractivity contribution is 5.94. The quantitative estimate of drug-likeness (QED) is 0.838. The molecule has 1 amide bonds. The van der Waals surface area contributed by atoms with Crippen LogP contribution >= 0.6 is 0 Å². The van der Waals surface area contributed by atoms with Crippen LogP contribution in [-0.4, -0.2) is 27.9 Å². The van der Waals surface area contributed by atoms with Crippen molar-refractivity contribution >= 4 is 5.91 Å². The molecule has 20 heavy (non-hydrogen) atoms. The standard InChI is InChI=1S/C17H24N2O/c1-2-13-5-7-15(8-6-13)19(16-9-10-16)17(20)14-4-3-11-18-12-14/h3-4,11-13,15-16H,2,5-10H2,1H3. The summed E-state index contributed by atoms with van der Waals surface area (Å²) in [5.74, 6) is 1.07. The maximum atomic E-state index is 12.8. The van der Waals surface area contributed by atoms with Gasteiger partial charge in [0.15, 0.2) is 0 Å². The number of nitrogens with zero attached hydrogens (tertiary/aromatic N) is 2. The van der Waals surface area contributed by atoms with Crippen molar-refractivity contribution in [3.63, 3.8) is 0 Å². The molecule has 3 rings (SSSR count). The molecule has 0 saturated heterocycles. The topological polar surface area (TPSA) is 33.2 Å². The molecule has 108 valence electrons. The second-order valence-electron chi connectivity index (χ2n) is 6.27. The van der Waals surface area contributed by atoms with Gasteiger partial charge in [-0.3, -0.25) is 9.78 Å². The summed E-state index contributed by atoms with van der Waals surface area (Å²) in [5, 5.41) is 0. The Morgan fingerprint density at radius 3 is 2.35 bits per heavy atom. The van der Waals surface area contributed by atoms with Crippen molar-refractivity contribution in [1.82, 2.24) is 9.88 Å². The minimum Gasteiger partial charge on any atom is -0.333 e. The van der Waals surface area contributed by atoms with Gasteiger partial charge in [-0.15, -0.1) is 0 Å². The molecule has 2 saturated carbocycles. The van der Waals surface area contributed by atoms with Crippen LogP contribution in [0.4, 0.5) is 0 Å². The molecule has 1 aromatic rings. The molecule has 0 spiro atoms. The Bertz CT molecular complexity index is 447. The third-order valence-corrected chi connectivity index (χ3v) is 4.87. The third-order valence-electron chi connectivity index (χ3n) is 4.87. The maximum Gasteiger partial charge on any atom is 0.255 e. The molecule has 0 bridgehead atoms. The van der Waals surface area contributed by atoms with E-state index in [1.807, 2.05) is 12.1 Å². The number of hydrogen-bond acceptors (Lipinski definition) is 2. The number of hydrogen-bond donors (Lipinski definition) is 0. The first-order valence-corrected chi connectivity index (χ1v) is 8.02. The third kappa shape index (κ3) is 2.87. The van der Waals surface area contributed by atoms with Crippen LogP contribution in [0.1, 0.15) is 62.2 Å². The van der Waals surface area contributed by atoms with E-state index in [-0.39, 0.29) is 5.91 Å². The van der Waals surface area contributed by atoms with Gasteiger partial charge in [-0.1, -0.05) is 13.3 Å². The first-order chi connectivity index (χ1) is 9.79. The van der Waals surface area contributed by atoms with Crippen LogP contribution in [0, 0.1) is 5.92 Å². The van der Waals surface area contributed by atoms with Crippen LogP contribution in [0.2, 0.25) is 0 Å². The van der Waals surface area contributed by atoms with Gasteiger partial charge in [-0.2, -0.15) is 0 Å². The highest BCUT2D eigenvalue weighted by Gasteiger charge is 2.38. The number of carbonyl (C=O) groups excluding carboxylic acids is 1. The molecule has 0 radical (unpaired) electrons. The molecule has 3 nitrogen and oxygen atoms in total. The van der Waals surface area contributed by atoms with E-state index in [1.54, 1.807) is 12.4 Å². The first-order valence-electron chi connectivity index (χ1n) is 8.02. The normalized spacial score (nSPS) is 26.2. The van der Waals surface area contributed by atoms with E-state index in [2.05, 4.69) is 16.8 Å². The summed E-state index contributed by atoms with van der Waals surface area (Å²) >= 11 is 0. The van der Waals surface area contributed by atoms with Gasteiger partial charge in [0.1, 0.15) is 0 Å². The van der Waals surface area contributed by atoms with Gasteiger partial charge in [0, 0.05) is 24.5 Å². The summed E-state index contributed by atoms with van der Waals surface area (Å²) in [5.41, 5.74) is 0.747. The Kier molecular flexibility index (Phi) is 4.04. The van der Waals surface area contributed by atoms with Gasteiger partial charge in [0.2, 0.25) is 0 Å². The molecule has 2 aliphatic rings. The SMILES string of the molecule is CCC1CCC(N(C(=O)c2cccnc2)C2CC2)CC1. The summed E-state index contributed by atoms with van der Waals surface area (Å²) < 4.78 is 0. The van der Waals surface area contributed by atoms with Crippen molar-refractivity contribution in [3.8, 4) is 0 Å². The molecule has 2 aliphatic carbocycles. The lowest BCUT2D eigenvalue weighted by molar-refractivity contribution is 0.0586. The minimum absolute atomic E-state index is 0.195. The highest BCUT2D eigenvalue weighted by Crippen LogP contribution is 2.36. The lowest BCUT2D eigenvalue weighted by Crippen LogP contribution is -2.43. The van der Waals surface area contributed by atoms with E-state index in [4.69, 9.17) is 0 Å². The zero-order chi connectivity index (χ0) is 13.9. The van der Waals surface area contributed by atoms with Gasteiger partial charge in [-0.25, -0.2) is 0 Å². The minimum atomic E-state index is 0.195. The molecule has 0 N–H and O–H groups in total. The monoisotopic (exact) mass is 272 g/mol. The summed E-state index contributed by atoms with van der Waals surface area (Å²) in [4.78, 5) is 19.0. The molecule has 0 aromatic carbocycles. The zero-order valence-electron chi connectivity index (χ0n) is 12.3. The van der Waals surface area contributed by atoms with E-state index in [0.29, 0.717) is 12.1 Å². The molecule has 1 heterocycles. The second kappa shape index (κ2) is 5.94. The summed E-state index contributed by atoms with van der Waals surface area (Å²) in [6.07, 6.45) is 12.0. The fourth-order valence-corrected chi connectivity index (χ4v) is 3.45.